The number of rotatable bonds is 3. The first-order valence-electron chi connectivity index (χ1n) is 5.12. The number of aliphatic hydroxyl groups is 1. The van der Waals surface area contributed by atoms with Crippen LogP contribution in [0.2, 0.25) is 0 Å². The fourth-order valence-electron chi connectivity index (χ4n) is 2.05. The number of hydrogen-bond donors (Lipinski definition) is 2. The molecule has 2 N–H and O–H groups in total. The van der Waals surface area contributed by atoms with Crippen LogP contribution in [0.4, 0.5) is 0 Å². The van der Waals surface area contributed by atoms with Crippen LogP contribution in [-0.4, -0.2) is 23.8 Å². The van der Waals surface area contributed by atoms with E-state index in [4.69, 9.17) is 0 Å². The fourth-order valence-corrected chi connectivity index (χ4v) is 2.05. The van der Waals surface area contributed by atoms with Gasteiger partial charge in [0, 0.05) is 0 Å². The molecule has 0 aromatic rings. The van der Waals surface area contributed by atoms with Crippen LogP contribution in [0, 0.1) is 5.92 Å². The van der Waals surface area contributed by atoms with Crippen LogP contribution < -0.4 is 5.32 Å². The van der Waals surface area contributed by atoms with Crippen molar-refractivity contribution >= 4 is 0 Å². The molecule has 1 rings (SSSR count). The molecular weight excluding hydrogens is 150 g/mol. The third-order valence-electron chi connectivity index (χ3n) is 3.11. The molecule has 0 saturated carbocycles. The van der Waals surface area contributed by atoms with E-state index in [1.165, 1.54) is 6.42 Å². The third-order valence-corrected chi connectivity index (χ3v) is 3.11. The molecule has 12 heavy (non-hydrogen) atoms. The fraction of sp³-hybridized carbons (Fsp3) is 1.00. The van der Waals surface area contributed by atoms with E-state index in [1.807, 2.05) is 0 Å². The lowest BCUT2D eigenvalue weighted by molar-refractivity contribution is -0.0403. The van der Waals surface area contributed by atoms with Gasteiger partial charge in [0.05, 0.1) is 5.60 Å². The number of piperidine rings is 1. The second-order valence-electron chi connectivity index (χ2n) is 4.04. The van der Waals surface area contributed by atoms with Gasteiger partial charge < -0.3 is 10.4 Å². The normalized spacial score (nSPS) is 25.2. The Labute approximate surface area is 75.4 Å². The summed E-state index contributed by atoms with van der Waals surface area (Å²) in [4.78, 5) is 0. The maximum atomic E-state index is 10.2. The summed E-state index contributed by atoms with van der Waals surface area (Å²) >= 11 is 0. The van der Waals surface area contributed by atoms with Gasteiger partial charge in [-0.2, -0.15) is 0 Å². The van der Waals surface area contributed by atoms with Crippen LogP contribution in [-0.2, 0) is 0 Å². The molecule has 1 heterocycles. The Hall–Kier alpha value is -0.0800. The molecule has 0 radical (unpaired) electrons. The summed E-state index contributed by atoms with van der Waals surface area (Å²) in [5, 5.41) is 13.5. The Balaban J connectivity index is 2.44. The van der Waals surface area contributed by atoms with Crippen molar-refractivity contribution in [1.82, 2.24) is 5.32 Å². The van der Waals surface area contributed by atoms with Crippen LogP contribution in [0.5, 0.6) is 0 Å². The molecule has 1 atom stereocenters. The monoisotopic (exact) mass is 171 g/mol. The van der Waals surface area contributed by atoms with E-state index in [2.05, 4.69) is 19.2 Å². The first kappa shape index (κ1) is 10.0. The Morgan fingerprint density at radius 3 is 2.50 bits per heavy atom. The molecule has 0 bridgehead atoms. The van der Waals surface area contributed by atoms with Gasteiger partial charge in [-0.25, -0.2) is 0 Å². The maximum Gasteiger partial charge on any atom is 0.0697 e. The molecule has 1 unspecified atom stereocenters. The van der Waals surface area contributed by atoms with Crippen molar-refractivity contribution in [2.24, 2.45) is 5.92 Å². The molecule has 0 amide bonds. The average molecular weight is 171 g/mol. The lowest BCUT2D eigenvalue weighted by Crippen LogP contribution is -2.46. The maximum absolute atomic E-state index is 10.2. The molecule has 1 saturated heterocycles. The Kier molecular flexibility index (Phi) is 3.53. The van der Waals surface area contributed by atoms with Gasteiger partial charge in [0.15, 0.2) is 0 Å². The summed E-state index contributed by atoms with van der Waals surface area (Å²) < 4.78 is 0. The van der Waals surface area contributed by atoms with Crippen LogP contribution >= 0.6 is 0 Å². The lowest BCUT2D eigenvalue weighted by atomic mass is 9.79. The zero-order valence-corrected chi connectivity index (χ0v) is 8.27. The summed E-state index contributed by atoms with van der Waals surface area (Å²) in [5.74, 6) is 0.463. The van der Waals surface area contributed by atoms with Crippen LogP contribution in [0.15, 0.2) is 0 Å². The van der Waals surface area contributed by atoms with Gasteiger partial charge in [-0.1, -0.05) is 20.3 Å². The number of hydrogen-bond acceptors (Lipinski definition) is 2. The summed E-state index contributed by atoms with van der Waals surface area (Å²) in [6.45, 7) is 6.31. The SMILES string of the molecule is CCCC(C)C1(O)CCNCC1. The smallest absolute Gasteiger partial charge is 0.0697 e. The van der Waals surface area contributed by atoms with Crippen molar-refractivity contribution in [2.75, 3.05) is 13.1 Å². The predicted molar refractivity (Wildman–Crippen MR) is 51.1 cm³/mol. The topological polar surface area (TPSA) is 32.3 Å². The minimum absolute atomic E-state index is 0.374. The molecule has 1 fully saturated rings. The predicted octanol–water partition coefficient (Wildman–Crippen LogP) is 1.54. The first-order valence-corrected chi connectivity index (χ1v) is 5.12. The second kappa shape index (κ2) is 4.24. The minimum atomic E-state index is -0.374. The van der Waals surface area contributed by atoms with E-state index in [0.717, 1.165) is 32.4 Å². The van der Waals surface area contributed by atoms with E-state index in [9.17, 15) is 5.11 Å². The Morgan fingerprint density at radius 2 is 2.00 bits per heavy atom. The van der Waals surface area contributed by atoms with Gasteiger partial charge in [-0.3, -0.25) is 0 Å². The quantitative estimate of drug-likeness (QED) is 0.675. The zero-order valence-electron chi connectivity index (χ0n) is 8.27. The zero-order chi connectivity index (χ0) is 9.03. The third kappa shape index (κ3) is 2.20. The van der Waals surface area contributed by atoms with Crippen molar-refractivity contribution in [3.05, 3.63) is 0 Å². The molecular formula is C10H21NO. The van der Waals surface area contributed by atoms with Crippen LogP contribution in [0.25, 0.3) is 0 Å². The molecule has 0 spiro atoms. The van der Waals surface area contributed by atoms with Gasteiger partial charge in [0.2, 0.25) is 0 Å². The molecule has 72 valence electrons. The van der Waals surface area contributed by atoms with Crippen molar-refractivity contribution in [1.29, 1.82) is 0 Å². The average Bonchev–Trinajstić information content (AvgIpc) is 2.06. The van der Waals surface area contributed by atoms with Crippen molar-refractivity contribution in [3.63, 3.8) is 0 Å². The number of nitrogens with one attached hydrogen (secondary N) is 1. The van der Waals surface area contributed by atoms with E-state index < -0.39 is 0 Å². The molecule has 1 aliphatic rings. The minimum Gasteiger partial charge on any atom is -0.390 e. The van der Waals surface area contributed by atoms with Crippen LogP contribution in [0.3, 0.4) is 0 Å². The van der Waals surface area contributed by atoms with E-state index in [0.29, 0.717) is 5.92 Å². The van der Waals surface area contributed by atoms with E-state index in [-0.39, 0.29) is 5.60 Å². The van der Waals surface area contributed by atoms with Crippen LogP contribution in [0.1, 0.15) is 39.5 Å². The van der Waals surface area contributed by atoms with Gasteiger partial charge in [-0.05, 0) is 38.3 Å². The molecule has 0 aromatic carbocycles. The van der Waals surface area contributed by atoms with Crippen molar-refractivity contribution in [2.45, 2.75) is 45.1 Å². The van der Waals surface area contributed by atoms with Gasteiger partial charge in [0.1, 0.15) is 0 Å². The molecule has 0 aromatic heterocycles. The second-order valence-corrected chi connectivity index (χ2v) is 4.04. The van der Waals surface area contributed by atoms with E-state index >= 15 is 0 Å². The van der Waals surface area contributed by atoms with Crippen molar-refractivity contribution in [3.8, 4) is 0 Å². The highest BCUT2D eigenvalue weighted by Gasteiger charge is 2.34. The largest absolute Gasteiger partial charge is 0.390 e. The van der Waals surface area contributed by atoms with Crippen molar-refractivity contribution < 1.29 is 5.11 Å². The Bertz CT molecular complexity index is 130. The summed E-state index contributed by atoms with van der Waals surface area (Å²) in [5.41, 5.74) is -0.374. The summed E-state index contributed by atoms with van der Waals surface area (Å²) in [6.07, 6.45) is 4.18. The van der Waals surface area contributed by atoms with E-state index in [1.54, 1.807) is 0 Å². The standard InChI is InChI=1S/C10H21NO/c1-3-4-9(2)10(12)5-7-11-8-6-10/h9,11-12H,3-8H2,1-2H3. The lowest BCUT2D eigenvalue weighted by Gasteiger charge is -2.37. The highest BCUT2D eigenvalue weighted by Crippen LogP contribution is 2.29. The van der Waals surface area contributed by atoms with Gasteiger partial charge in [0.25, 0.3) is 0 Å². The molecule has 2 nitrogen and oxygen atoms in total. The Morgan fingerprint density at radius 1 is 1.42 bits per heavy atom. The summed E-state index contributed by atoms with van der Waals surface area (Å²) in [6, 6.07) is 0. The molecule has 0 aliphatic carbocycles. The highest BCUT2D eigenvalue weighted by molar-refractivity contribution is 4.88. The molecule has 1 aliphatic heterocycles. The molecule has 2 heteroatoms. The highest BCUT2D eigenvalue weighted by atomic mass is 16.3. The summed E-state index contributed by atoms with van der Waals surface area (Å²) in [7, 11) is 0. The van der Waals surface area contributed by atoms with Gasteiger partial charge >= 0.3 is 0 Å². The van der Waals surface area contributed by atoms with Gasteiger partial charge in [-0.15, -0.1) is 0 Å². The first-order chi connectivity index (χ1) is 5.69.